The number of anilines is 1. The number of imide groups is 1. The molecule has 0 unspecified atom stereocenters. The first kappa shape index (κ1) is 28.5. The highest BCUT2D eigenvalue weighted by molar-refractivity contribution is 6.05. The standard InChI is InChI=1S/C33H32F2N4O4/c1-2-21-7-9-28(27(35)16-21)38-14-12-37(13-15-38)18-23-8-6-22(17-26(23)34)20-43-30-5-3-4-24-25(30)19-39(33(24)42)29-10-11-31(40)36-32(29)41/h2-9,16-17,29H,1,10-15,18-20H2,(H,36,40,41)/t29-/m1/s1. The first-order chi connectivity index (χ1) is 20.8. The number of amides is 3. The summed E-state index contributed by atoms with van der Waals surface area (Å²) in [6.45, 7) is 7.08. The topological polar surface area (TPSA) is 82.2 Å². The largest absolute Gasteiger partial charge is 0.489 e. The van der Waals surface area contributed by atoms with Gasteiger partial charge in [0.25, 0.3) is 5.91 Å². The maximum Gasteiger partial charge on any atom is 0.255 e. The molecule has 43 heavy (non-hydrogen) atoms. The third kappa shape index (κ3) is 5.87. The van der Waals surface area contributed by atoms with Crippen LogP contribution in [-0.4, -0.2) is 59.7 Å². The lowest BCUT2D eigenvalue weighted by Gasteiger charge is -2.36. The second kappa shape index (κ2) is 12.0. The van der Waals surface area contributed by atoms with Crippen molar-refractivity contribution in [3.63, 3.8) is 0 Å². The molecule has 2 fully saturated rings. The van der Waals surface area contributed by atoms with Crippen LogP contribution in [0.1, 0.15) is 45.5 Å². The van der Waals surface area contributed by atoms with Gasteiger partial charge in [-0.2, -0.15) is 0 Å². The van der Waals surface area contributed by atoms with E-state index in [1.165, 1.54) is 17.0 Å². The predicted molar refractivity (Wildman–Crippen MR) is 157 cm³/mol. The van der Waals surface area contributed by atoms with Crippen LogP contribution in [0.2, 0.25) is 0 Å². The number of hydrogen-bond donors (Lipinski definition) is 1. The zero-order valence-electron chi connectivity index (χ0n) is 23.7. The van der Waals surface area contributed by atoms with E-state index in [-0.39, 0.29) is 49.4 Å². The van der Waals surface area contributed by atoms with Crippen molar-refractivity contribution in [2.24, 2.45) is 0 Å². The molecule has 0 aliphatic carbocycles. The minimum atomic E-state index is -0.708. The molecule has 0 bridgehead atoms. The van der Waals surface area contributed by atoms with Gasteiger partial charge < -0.3 is 14.5 Å². The van der Waals surface area contributed by atoms with Gasteiger partial charge in [-0.15, -0.1) is 0 Å². The third-order valence-electron chi connectivity index (χ3n) is 8.37. The number of ether oxygens (including phenoxy) is 1. The Morgan fingerprint density at radius 2 is 1.79 bits per heavy atom. The maximum absolute atomic E-state index is 15.1. The van der Waals surface area contributed by atoms with Crippen molar-refractivity contribution in [1.82, 2.24) is 15.1 Å². The summed E-state index contributed by atoms with van der Waals surface area (Å²) in [7, 11) is 0. The minimum absolute atomic E-state index is 0.106. The van der Waals surface area contributed by atoms with E-state index in [1.807, 2.05) is 17.0 Å². The molecule has 0 saturated carbocycles. The highest BCUT2D eigenvalue weighted by Crippen LogP contribution is 2.34. The zero-order chi connectivity index (χ0) is 30.1. The number of benzene rings is 3. The summed E-state index contributed by atoms with van der Waals surface area (Å²) in [6, 6.07) is 14.6. The van der Waals surface area contributed by atoms with Crippen LogP contribution < -0.4 is 15.0 Å². The van der Waals surface area contributed by atoms with Crippen LogP contribution in [0.5, 0.6) is 5.75 Å². The zero-order valence-corrected chi connectivity index (χ0v) is 23.7. The smallest absolute Gasteiger partial charge is 0.255 e. The Morgan fingerprint density at radius 1 is 0.977 bits per heavy atom. The number of nitrogens with zero attached hydrogens (tertiary/aromatic N) is 3. The average molecular weight is 587 g/mol. The van der Waals surface area contributed by atoms with E-state index in [1.54, 1.807) is 36.4 Å². The van der Waals surface area contributed by atoms with Crippen molar-refractivity contribution in [3.8, 4) is 5.75 Å². The van der Waals surface area contributed by atoms with E-state index >= 15 is 4.39 Å². The molecule has 10 heteroatoms. The van der Waals surface area contributed by atoms with E-state index in [0.29, 0.717) is 66.4 Å². The van der Waals surface area contributed by atoms with E-state index in [2.05, 4.69) is 16.8 Å². The van der Waals surface area contributed by atoms with Crippen LogP contribution in [0.3, 0.4) is 0 Å². The highest BCUT2D eigenvalue weighted by atomic mass is 19.1. The van der Waals surface area contributed by atoms with Gasteiger partial charge in [0.1, 0.15) is 30.0 Å². The van der Waals surface area contributed by atoms with Crippen LogP contribution in [0, 0.1) is 11.6 Å². The Kier molecular flexibility index (Phi) is 7.94. The van der Waals surface area contributed by atoms with Crippen molar-refractivity contribution in [2.75, 3.05) is 31.1 Å². The van der Waals surface area contributed by atoms with Crippen molar-refractivity contribution < 1.29 is 27.9 Å². The fraction of sp³-hybridized carbons (Fsp3) is 0.303. The van der Waals surface area contributed by atoms with E-state index < -0.39 is 11.9 Å². The van der Waals surface area contributed by atoms with Gasteiger partial charge in [0, 0.05) is 55.8 Å². The van der Waals surface area contributed by atoms with Crippen molar-refractivity contribution in [2.45, 2.75) is 38.6 Å². The SMILES string of the molecule is C=Cc1ccc(N2CCN(Cc3ccc(COc4cccc5c4CN([C@@H]4CCC(=O)NC4=O)C5=O)cc3F)CC2)c(F)c1. The lowest BCUT2D eigenvalue weighted by Crippen LogP contribution is -2.52. The molecular weight excluding hydrogens is 554 g/mol. The summed E-state index contributed by atoms with van der Waals surface area (Å²) in [5, 5.41) is 2.30. The number of carbonyl (C=O) groups is 3. The van der Waals surface area contributed by atoms with Gasteiger partial charge in [0.15, 0.2) is 0 Å². The number of piperazine rings is 1. The van der Waals surface area contributed by atoms with Crippen molar-refractivity contribution in [3.05, 3.63) is 101 Å². The summed E-state index contributed by atoms with van der Waals surface area (Å²) < 4.78 is 35.7. The van der Waals surface area contributed by atoms with Gasteiger partial charge in [0.2, 0.25) is 11.8 Å². The van der Waals surface area contributed by atoms with Gasteiger partial charge in [-0.3, -0.25) is 24.6 Å². The monoisotopic (exact) mass is 586 g/mol. The number of halogens is 2. The lowest BCUT2D eigenvalue weighted by atomic mass is 10.0. The lowest BCUT2D eigenvalue weighted by molar-refractivity contribution is -0.136. The molecule has 0 spiro atoms. The summed E-state index contributed by atoms with van der Waals surface area (Å²) in [5.74, 6) is -1.18. The first-order valence-electron chi connectivity index (χ1n) is 14.4. The molecule has 0 radical (unpaired) electrons. The molecule has 8 nitrogen and oxygen atoms in total. The second-order valence-corrected chi connectivity index (χ2v) is 11.1. The van der Waals surface area contributed by atoms with Gasteiger partial charge in [-0.25, -0.2) is 8.78 Å². The van der Waals surface area contributed by atoms with E-state index in [0.717, 1.165) is 5.56 Å². The summed E-state index contributed by atoms with van der Waals surface area (Å²) >= 11 is 0. The maximum atomic E-state index is 15.1. The van der Waals surface area contributed by atoms with Crippen molar-refractivity contribution in [1.29, 1.82) is 0 Å². The van der Waals surface area contributed by atoms with Crippen LogP contribution in [0.4, 0.5) is 14.5 Å². The molecule has 222 valence electrons. The molecule has 6 rings (SSSR count). The van der Waals surface area contributed by atoms with E-state index in [9.17, 15) is 18.8 Å². The number of carbonyl (C=O) groups excluding carboxylic acids is 3. The molecule has 3 aromatic carbocycles. The fourth-order valence-corrected chi connectivity index (χ4v) is 5.96. The van der Waals surface area contributed by atoms with Gasteiger partial charge in [-0.1, -0.05) is 36.9 Å². The fourth-order valence-electron chi connectivity index (χ4n) is 5.96. The van der Waals surface area contributed by atoms with Crippen LogP contribution >= 0.6 is 0 Å². The molecule has 1 N–H and O–H groups in total. The Labute approximate surface area is 248 Å². The molecule has 3 aliphatic heterocycles. The molecular formula is C33H32F2N4O4. The number of hydrogen-bond acceptors (Lipinski definition) is 6. The first-order valence-corrected chi connectivity index (χ1v) is 14.4. The summed E-state index contributed by atoms with van der Waals surface area (Å²) in [5.41, 5.74) is 3.66. The number of rotatable bonds is 8. The molecule has 3 heterocycles. The normalized spacial score (nSPS) is 18.9. The Balaban J connectivity index is 1.05. The quantitative estimate of drug-likeness (QED) is 0.397. The van der Waals surface area contributed by atoms with Crippen LogP contribution in [-0.2, 0) is 29.3 Å². The number of fused-ring (bicyclic) bond motifs is 1. The predicted octanol–water partition coefficient (Wildman–Crippen LogP) is 4.27. The van der Waals surface area contributed by atoms with Crippen molar-refractivity contribution >= 4 is 29.5 Å². The van der Waals surface area contributed by atoms with Gasteiger partial charge >= 0.3 is 0 Å². The molecule has 3 aromatic rings. The number of piperidine rings is 1. The molecule has 0 aromatic heterocycles. The Hall–Kier alpha value is -4.57. The Bertz CT molecular complexity index is 1600. The molecule has 3 amide bonds. The second-order valence-electron chi connectivity index (χ2n) is 11.1. The van der Waals surface area contributed by atoms with E-state index in [4.69, 9.17) is 4.74 Å². The van der Waals surface area contributed by atoms with Gasteiger partial charge in [-0.05, 0) is 47.9 Å². The average Bonchev–Trinajstić information content (AvgIpc) is 3.34. The molecule has 1 atom stereocenters. The molecule has 3 aliphatic rings. The van der Waals surface area contributed by atoms with Crippen LogP contribution in [0.25, 0.3) is 6.08 Å². The van der Waals surface area contributed by atoms with Gasteiger partial charge in [0.05, 0.1) is 12.2 Å². The van der Waals surface area contributed by atoms with Crippen LogP contribution in [0.15, 0.2) is 61.2 Å². The summed E-state index contributed by atoms with van der Waals surface area (Å²) in [6.07, 6.45) is 2.08. The molecule has 2 saturated heterocycles. The third-order valence-corrected chi connectivity index (χ3v) is 8.37. The minimum Gasteiger partial charge on any atom is -0.489 e. The highest BCUT2D eigenvalue weighted by Gasteiger charge is 2.40. The Morgan fingerprint density at radius 3 is 2.51 bits per heavy atom. The number of nitrogens with one attached hydrogen (secondary N) is 1. The summed E-state index contributed by atoms with van der Waals surface area (Å²) in [4.78, 5) is 42.6.